The molecule has 6 nitrogen and oxygen atoms in total. The normalized spacial score (nSPS) is 10.1. The summed E-state index contributed by atoms with van der Waals surface area (Å²) in [4.78, 5) is 34.1. The van der Waals surface area contributed by atoms with Gasteiger partial charge in [-0.25, -0.2) is 9.18 Å². The molecule has 1 aromatic heterocycles. The summed E-state index contributed by atoms with van der Waals surface area (Å²) in [5.74, 6) is -2.23. The van der Waals surface area contributed by atoms with Crippen molar-refractivity contribution in [1.82, 2.24) is 4.57 Å². The highest BCUT2D eigenvalue weighted by molar-refractivity contribution is 5.90. The number of anilines is 1. The van der Waals surface area contributed by atoms with Crippen molar-refractivity contribution in [2.75, 3.05) is 5.32 Å². The van der Waals surface area contributed by atoms with Crippen LogP contribution in [0.25, 0.3) is 0 Å². The molecule has 0 fully saturated rings. The molecule has 0 spiro atoms. The zero-order valence-electron chi connectivity index (χ0n) is 10.7. The predicted octanol–water partition coefficient (Wildman–Crippen LogP) is 1.32. The average Bonchev–Trinajstić information content (AvgIpc) is 2.40. The summed E-state index contributed by atoms with van der Waals surface area (Å²) in [7, 11) is 0. The molecule has 1 aromatic carbocycles. The van der Waals surface area contributed by atoms with E-state index in [1.165, 1.54) is 30.5 Å². The Morgan fingerprint density at radius 1 is 1.24 bits per heavy atom. The molecule has 0 radical (unpaired) electrons. The molecule has 2 rings (SSSR count). The number of rotatable bonds is 4. The summed E-state index contributed by atoms with van der Waals surface area (Å²) in [5, 5.41) is 11.2. The minimum absolute atomic E-state index is 0.151. The quantitative estimate of drug-likeness (QED) is 0.889. The maximum atomic E-state index is 13.0. The van der Waals surface area contributed by atoms with E-state index in [4.69, 9.17) is 5.11 Å². The van der Waals surface area contributed by atoms with Crippen LogP contribution in [-0.4, -0.2) is 21.6 Å². The van der Waals surface area contributed by atoms with E-state index < -0.39 is 23.3 Å². The minimum atomic E-state index is -1.22. The first-order valence-corrected chi connectivity index (χ1v) is 5.95. The summed E-state index contributed by atoms with van der Waals surface area (Å²) in [5.41, 5.74) is -0.485. The van der Waals surface area contributed by atoms with Crippen LogP contribution in [0.1, 0.15) is 10.4 Å². The number of hydrogen-bond donors (Lipinski definition) is 2. The maximum absolute atomic E-state index is 13.0. The van der Waals surface area contributed by atoms with Gasteiger partial charge in [0.2, 0.25) is 5.91 Å². The molecule has 1 heterocycles. The fourth-order valence-electron chi connectivity index (χ4n) is 1.69. The number of pyridine rings is 1. The fraction of sp³-hybridized carbons (Fsp3) is 0.0714. The van der Waals surface area contributed by atoms with E-state index in [2.05, 4.69) is 5.32 Å². The van der Waals surface area contributed by atoms with Gasteiger partial charge in [-0.1, -0.05) is 6.07 Å². The molecule has 7 heteroatoms. The van der Waals surface area contributed by atoms with E-state index in [9.17, 15) is 18.8 Å². The van der Waals surface area contributed by atoms with Crippen LogP contribution in [-0.2, 0) is 11.3 Å². The number of aromatic nitrogens is 1. The number of aromatic carboxylic acids is 1. The summed E-state index contributed by atoms with van der Waals surface area (Å²) in [6.07, 6.45) is 1.22. The molecule has 0 aliphatic rings. The second-order valence-electron chi connectivity index (χ2n) is 4.25. The second-order valence-corrected chi connectivity index (χ2v) is 4.25. The van der Waals surface area contributed by atoms with Crippen LogP contribution in [0.5, 0.6) is 0 Å². The molecular formula is C14H11FN2O4. The number of carboxylic acids is 1. The van der Waals surface area contributed by atoms with E-state index in [0.717, 1.165) is 16.7 Å². The van der Waals surface area contributed by atoms with Crippen molar-refractivity contribution in [3.63, 3.8) is 0 Å². The zero-order valence-corrected chi connectivity index (χ0v) is 10.7. The van der Waals surface area contributed by atoms with Crippen LogP contribution < -0.4 is 10.9 Å². The monoisotopic (exact) mass is 290 g/mol. The van der Waals surface area contributed by atoms with Gasteiger partial charge in [-0.15, -0.1) is 0 Å². The van der Waals surface area contributed by atoms with E-state index in [1.54, 1.807) is 0 Å². The first-order valence-electron chi connectivity index (χ1n) is 5.95. The molecule has 108 valence electrons. The molecule has 21 heavy (non-hydrogen) atoms. The topological polar surface area (TPSA) is 88.4 Å². The van der Waals surface area contributed by atoms with Gasteiger partial charge in [0.25, 0.3) is 5.56 Å². The molecule has 0 aliphatic carbocycles. The number of nitrogens with zero attached hydrogens (tertiary/aromatic N) is 1. The number of carbonyl (C=O) groups excluding carboxylic acids is 1. The standard InChI is InChI=1S/C14H11FN2O4/c15-10-2-1-3-11(7-10)16-12(18)8-17-5-4-9(14(20)21)6-13(17)19/h1-7H,8H2,(H,16,18)(H,20,21). The molecular weight excluding hydrogens is 279 g/mol. The third-order valence-electron chi connectivity index (χ3n) is 2.67. The average molecular weight is 290 g/mol. The van der Waals surface area contributed by atoms with Crippen molar-refractivity contribution in [1.29, 1.82) is 0 Å². The Bertz CT molecular complexity index is 755. The number of amides is 1. The summed E-state index contributed by atoms with van der Waals surface area (Å²) >= 11 is 0. The van der Waals surface area contributed by atoms with Gasteiger partial charge in [0.1, 0.15) is 12.4 Å². The second kappa shape index (κ2) is 6.00. The van der Waals surface area contributed by atoms with Crippen LogP contribution in [0.15, 0.2) is 47.4 Å². The molecule has 0 atom stereocenters. The van der Waals surface area contributed by atoms with Crippen molar-refractivity contribution in [2.45, 2.75) is 6.54 Å². The van der Waals surface area contributed by atoms with Crippen LogP contribution in [0.4, 0.5) is 10.1 Å². The highest BCUT2D eigenvalue weighted by Gasteiger charge is 2.08. The van der Waals surface area contributed by atoms with Crippen molar-refractivity contribution < 1.29 is 19.1 Å². The lowest BCUT2D eigenvalue weighted by molar-refractivity contribution is -0.116. The van der Waals surface area contributed by atoms with Crippen molar-refractivity contribution >= 4 is 17.6 Å². The van der Waals surface area contributed by atoms with Gasteiger partial charge < -0.3 is 15.0 Å². The van der Waals surface area contributed by atoms with E-state index in [0.29, 0.717) is 0 Å². The van der Waals surface area contributed by atoms with Gasteiger partial charge in [-0.2, -0.15) is 0 Å². The molecule has 0 unspecified atom stereocenters. The lowest BCUT2D eigenvalue weighted by Crippen LogP contribution is -2.27. The summed E-state index contributed by atoms with van der Waals surface area (Å²) in [6, 6.07) is 7.49. The highest BCUT2D eigenvalue weighted by atomic mass is 19.1. The molecule has 0 saturated carbocycles. The van der Waals surface area contributed by atoms with E-state index in [-0.39, 0.29) is 17.8 Å². The van der Waals surface area contributed by atoms with Gasteiger partial charge in [0.15, 0.2) is 0 Å². The third kappa shape index (κ3) is 3.75. The fourth-order valence-corrected chi connectivity index (χ4v) is 1.69. The van der Waals surface area contributed by atoms with Gasteiger partial charge in [-0.05, 0) is 24.3 Å². The Morgan fingerprint density at radius 2 is 2.00 bits per heavy atom. The molecule has 0 saturated heterocycles. The Morgan fingerprint density at radius 3 is 2.62 bits per heavy atom. The summed E-state index contributed by atoms with van der Waals surface area (Å²) < 4.78 is 14.0. The number of halogens is 1. The van der Waals surface area contributed by atoms with Crippen LogP contribution in [0.3, 0.4) is 0 Å². The number of carbonyl (C=O) groups is 2. The predicted molar refractivity (Wildman–Crippen MR) is 72.7 cm³/mol. The van der Waals surface area contributed by atoms with Gasteiger partial charge >= 0.3 is 5.97 Å². The van der Waals surface area contributed by atoms with E-state index in [1.807, 2.05) is 0 Å². The van der Waals surface area contributed by atoms with Crippen LogP contribution in [0.2, 0.25) is 0 Å². The third-order valence-corrected chi connectivity index (χ3v) is 2.67. The van der Waals surface area contributed by atoms with Crippen molar-refractivity contribution in [3.05, 3.63) is 64.3 Å². The van der Waals surface area contributed by atoms with E-state index >= 15 is 0 Å². The Hall–Kier alpha value is -2.96. The van der Waals surface area contributed by atoms with Crippen LogP contribution >= 0.6 is 0 Å². The first kappa shape index (κ1) is 14.4. The lowest BCUT2D eigenvalue weighted by atomic mass is 10.2. The number of benzene rings is 1. The smallest absolute Gasteiger partial charge is 0.335 e. The maximum Gasteiger partial charge on any atom is 0.335 e. The molecule has 0 aliphatic heterocycles. The number of carboxylic acid groups (broad SMARTS) is 1. The molecule has 1 amide bonds. The van der Waals surface area contributed by atoms with Crippen molar-refractivity contribution in [2.24, 2.45) is 0 Å². The van der Waals surface area contributed by atoms with Crippen LogP contribution in [0, 0.1) is 5.82 Å². The largest absolute Gasteiger partial charge is 0.478 e. The van der Waals surface area contributed by atoms with Gasteiger partial charge in [0.05, 0.1) is 5.56 Å². The highest BCUT2D eigenvalue weighted by Crippen LogP contribution is 2.08. The Labute approximate surface area is 118 Å². The molecule has 2 aromatic rings. The minimum Gasteiger partial charge on any atom is -0.478 e. The van der Waals surface area contributed by atoms with Gasteiger partial charge in [-0.3, -0.25) is 9.59 Å². The zero-order chi connectivity index (χ0) is 15.4. The first-order chi connectivity index (χ1) is 9.95. The molecule has 2 N–H and O–H groups in total. The SMILES string of the molecule is O=C(Cn1ccc(C(=O)O)cc1=O)Nc1cccc(F)c1. The number of nitrogens with one attached hydrogen (secondary N) is 1. The molecule has 0 bridgehead atoms. The van der Waals surface area contributed by atoms with Crippen molar-refractivity contribution in [3.8, 4) is 0 Å². The Kier molecular flexibility index (Phi) is 4.13. The van der Waals surface area contributed by atoms with Gasteiger partial charge in [0, 0.05) is 18.0 Å². The number of hydrogen-bond acceptors (Lipinski definition) is 3. The Balaban J connectivity index is 2.09. The lowest BCUT2D eigenvalue weighted by Gasteiger charge is -2.07. The summed E-state index contributed by atoms with van der Waals surface area (Å²) in [6.45, 7) is -0.296.